The van der Waals surface area contributed by atoms with Crippen molar-refractivity contribution in [3.63, 3.8) is 0 Å². The van der Waals surface area contributed by atoms with Gasteiger partial charge in [-0.1, -0.05) is 12.1 Å². The van der Waals surface area contributed by atoms with Gasteiger partial charge >= 0.3 is 0 Å². The summed E-state index contributed by atoms with van der Waals surface area (Å²) < 4.78 is 1.01. The predicted molar refractivity (Wildman–Crippen MR) is 74.3 cm³/mol. The highest BCUT2D eigenvalue weighted by molar-refractivity contribution is 9.10. The fourth-order valence-corrected chi connectivity index (χ4v) is 1.76. The van der Waals surface area contributed by atoms with Crippen molar-refractivity contribution in [2.75, 3.05) is 5.32 Å². The van der Waals surface area contributed by atoms with Gasteiger partial charge in [-0.2, -0.15) is 0 Å². The van der Waals surface area contributed by atoms with Crippen LogP contribution in [0.4, 0.5) is 11.5 Å². The molecule has 1 aromatic heterocycles. The fourth-order valence-electron chi connectivity index (χ4n) is 1.54. The lowest BCUT2D eigenvalue weighted by Gasteiger charge is -2.08. The molecule has 17 heavy (non-hydrogen) atoms. The molecule has 1 aromatic carbocycles. The number of anilines is 2. The molecular formula is C13H14BrN3. The molecule has 0 bridgehead atoms. The first kappa shape index (κ1) is 12.1. The van der Waals surface area contributed by atoms with E-state index in [9.17, 15) is 0 Å². The van der Waals surface area contributed by atoms with E-state index in [0.717, 1.165) is 27.2 Å². The maximum atomic E-state index is 5.61. The van der Waals surface area contributed by atoms with Gasteiger partial charge in [0.15, 0.2) is 0 Å². The third-order valence-electron chi connectivity index (χ3n) is 2.46. The Morgan fingerprint density at radius 1 is 1.29 bits per heavy atom. The zero-order valence-corrected chi connectivity index (χ0v) is 11.2. The molecule has 0 spiro atoms. The maximum Gasteiger partial charge on any atom is 0.130 e. The van der Waals surface area contributed by atoms with Gasteiger partial charge in [-0.15, -0.1) is 0 Å². The second-order valence-corrected chi connectivity index (χ2v) is 4.65. The first-order valence-corrected chi connectivity index (χ1v) is 6.17. The van der Waals surface area contributed by atoms with Crippen LogP contribution in [0, 0.1) is 6.92 Å². The first-order chi connectivity index (χ1) is 8.19. The van der Waals surface area contributed by atoms with Gasteiger partial charge in [0, 0.05) is 16.7 Å². The Kier molecular flexibility index (Phi) is 3.76. The molecule has 0 aliphatic rings. The minimum atomic E-state index is 0.544. The Morgan fingerprint density at radius 3 is 2.82 bits per heavy atom. The van der Waals surface area contributed by atoms with Crippen LogP contribution in [0.25, 0.3) is 0 Å². The van der Waals surface area contributed by atoms with Crippen molar-refractivity contribution in [3.8, 4) is 0 Å². The van der Waals surface area contributed by atoms with E-state index in [2.05, 4.69) is 26.2 Å². The fraction of sp³-hybridized carbons (Fsp3) is 0.154. The van der Waals surface area contributed by atoms with Crippen molar-refractivity contribution in [3.05, 3.63) is 52.1 Å². The van der Waals surface area contributed by atoms with Crippen molar-refractivity contribution >= 4 is 27.4 Å². The van der Waals surface area contributed by atoms with Gasteiger partial charge in [0.2, 0.25) is 0 Å². The van der Waals surface area contributed by atoms with Crippen molar-refractivity contribution in [1.29, 1.82) is 0 Å². The average Bonchev–Trinajstić information content (AvgIpc) is 2.34. The lowest BCUT2D eigenvalue weighted by Crippen LogP contribution is -1.99. The van der Waals surface area contributed by atoms with Crippen molar-refractivity contribution in [2.45, 2.75) is 13.5 Å². The average molecular weight is 292 g/mol. The molecule has 0 unspecified atom stereocenters. The molecule has 0 saturated heterocycles. The zero-order chi connectivity index (χ0) is 12.3. The monoisotopic (exact) mass is 291 g/mol. The van der Waals surface area contributed by atoms with E-state index in [1.807, 2.05) is 43.3 Å². The Balaban J connectivity index is 2.22. The SMILES string of the molecule is Cc1nc(Nc2cccc(CN)c2)ccc1Br. The van der Waals surface area contributed by atoms with E-state index < -0.39 is 0 Å². The Bertz CT molecular complexity index is 526. The van der Waals surface area contributed by atoms with Crippen LogP contribution in [-0.4, -0.2) is 4.98 Å². The van der Waals surface area contributed by atoms with Gasteiger partial charge in [-0.3, -0.25) is 0 Å². The normalized spacial score (nSPS) is 10.3. The number of aryl methyl sites for hydroxylation is 1. The standard InChI is InChI=1S/C13H14BrN3/c1-9-12(14)5-6-13(16-9)17-11-4-2-3-10(7-11)8-15/h2-7H,8,15H2,1H3,(H,16,17). The number of nitrogens with two attached hydrogens (primary N) is 1. The van der Waals surface area contributed by atoms with Gasteiger partial charge in [0.05, 0.1) is 5.69 Å². The van der Waals surface area contributed by atoms with Crippen LogP contribution in [-0.2, 0) is 6.54 Å². The number of nitrogens with one attached hydrogen (secondary N) is 1. The smallest absolute Gasteiger partial charge is 0.130 e. The molecule has 4 heteroatoms. The van der Waals surface area contributed by atoms with E-state index in [1.54, 1.807) is 0 Å². The van der Waals surface area contributed by atoms with Gasteiger partial charge in [-0.05, 0) is 52.7 Å². The van der Waals surface area contributed by atoms with Crippen molar-refractivity contribution in [1.82, 2.24) is 4.98 Å². The summed E-state index contributed by atoms with van der Waals surface area (Å²) in [7, 11) is 0. The molecule has 2 aromatic rings. The van der Waals surface area contributed by atoms with Crippen LogP contribution in [0.1, 0.15) is 11.3 Å². The summed E-state index contributed by atoms with van der Waals surface area (Å²) in [4.78, 5) is 4.43. The predicted octanol–water partition coefficient (Wildman–Crippen LogP) is 3.35. The molecule has 0 radical (unpaired) electrons. The molecule has 0 aliphatic carbocycles. The number of pyridine rings is 1. The lowest BCUT2D eigenvalue weighted by molar-refractivity contribution is 1.07. The van der Waals surface area contributed by atoms with Gasteiger partial charge < -0.3 is 11.1 Å². The molecule has 0 fully saturated rings. The number of benzene rings is 1. The summed E-state index contributed by atoms with van der Waals surface area (Å²) >= 11 is 3.43. The molecule has 2 rings (SSSR count). The van der Waals surface area contributed by atoms with Crippen LogP contribution in [0.2, 0.25) is 0 Å². The molecule has 0 aliphatic heterocycles. The van der Waals surface area contributed by atoms with Gasteiger partial charge in [-0.25, -0.2) is 4.98 Å². The quantitative estimate of drug-likeness (QED) is 0.912. The largest absolute Gasteiger partial charge is 0.340 e. The number of aromatic nitrogens is 1. The van der Waals surface area contributed by atoms with Crippen LogP contribution < -0.4 is 11.1 Å². The number of nitrogens with zero attached hydrogens (tertiary/aromatic N) is 1. The van der Waals surface area contributed by atoms with E-state index in [-0.39, 0.29) is 0 Å². The van der Waals surface area contributed by atoms with E-state index in [1.165, 1.54) is 0 Å². The van der Waals surface area contributed by atoms with E-state index in [4.69, 9.17) is 5.73 Å². The minimum Gasteiger partial charge on any atom is -0.340 e. The summed E-state index contributed by atoms with van der Waals surface area (Å²) in [5.74, 6) is 0.833. The van der Waals surface area contributed by atoms with Crippen LogP contribution in [0.15, 0.2) is 40.9 Å². The topological polar surface area (TPSA) is 50.9 Å². The Labute approximate surface area is 109 Å². The number of rotatable bonds is 3. The third kappa shape index (κ3) is 3.05. The van der Waals surface area contributed by atoms with E-state index >= 15 is 0 Å². The summed E-state index contributed by atoms with van der Waals surface area (Å²) in [6, 6.07) is 11.9. The lowest BCUT2D eigenvalue weighted by atomic mass is 10.2. The van der Waals surface area contributed by atoms with Crippen LogP contribution in [0.3, 0.4) is 0 Å². The van der Waals surface area contributed by atoms with Crippen LogP contribution >= 0.6 is 15.9 Å². The number of hydrogen-bond donors (Lipinski definition) is 2. The number of hydrogen-bond acceptors (Lipinski definition) is 3. The summed E-state index contributed by atoms with van der Waals surface area (Å²) in [6.45, 7) is 2.51. The highest BCUT2D eigenvalue weighted by Crippen LogP contribution is 2.20. The van der Waals surface area contributed by atoms with Crippen molar-refractivity contribution in [2.24, 2.45) is 5.73 Å². The second kappa shape index (κ2) is 5.29. The molecule has 88 valence electrons. The molecule has 0 amide bonds. The first-order valence-electron chi connectivity index (χ1n) is 5.38. The zero-order valence-electron chi connectivity index (χ0n) is 9.57. The molecule has 0 atom stereocenters. The third-order valence-corrected chi connectivity index (χ3v) is 3.29. The van der Waals surface area contributed by atoms with Crippen LogP contribution in [0.5, 0.6) is 0 Å². The van der Waals surface area contributed by atoms with Crippen molar-refractivity contribution < 1.29 is 0 Å². The molecule has 3 N–H and O–H groups in total. The van der Waals surface area contributed by atoms with Gasteiger partial charge in [0.1, 0.15) is 5.82 Å². The molecular weight excluding hydrogens is 278 g/mol. The summed E-state index contributed by atoms with van der Waals surface area (Å²) in [6.07, 6.45) is 0. The maximum absolute atomic E-state index is 5.61. The van der Waals surface area contributed by atoms with E-state index in [0.29, 0.717) is 6.54 Å². The highest BCUT2D eigenvalue weighted by atomic mass is 79.9. The summed E-state index contributed by atoms with van der Waals surface area (Å²) in [5.41, 5.74) is 8.67. The molecule has 1 heterocycles. The Hall–Kier alpha value is -1.39. The Morgan fingerprint density at radius 2 is 2.12 bits per heavy atom. The highest BCUT2D eigenvalue weighted by Gasteiger charge is 2.00. The second-order valence-electron chi connectivity index (χ2n) is 3.79. The molecule has 3 nitrogen and oxygen atoms in total. The number of halogens is 1. The summed E-state index contributed by atoms with van der Waals surface area (Å²) in [5, 5.41) is 3.26. The minimum absolute atomic E-state index is 0.544. The molecule has 0 saturated carbocycles. The van der Waals surface area contributed by atoms with Gasteiger partial charge in [0.25, 0.3) is 0 Å².